The number of benzene rings is 2. The van der Waals surface area contributed by atoms with E-state index in [9.17, 15) is 22.8 Å². The molecule has 0 aliphatic rings. The monoisotopic (exact) mass is 597 g/mol. The molecule has 224 valence electrons. The lowest BCUT2D eigenvalue weighted by atomic mass is 10.0. The molecule has 2 amide bonds. The van der Waals surface area contributed by atoms with Crippen LogP contribution in [0, 0.1) is 0 Å². The molecule has 0 radical (unpaired) electrons. The molecule has 0 saturated carbocycles. The summed E-state index contributed by atoms with van der Waals surface area (Å²) in [6.45, 7) is 2.13. The summed E-state index contributed by atoms with van der Waals surface area (Å²) in [7, 11) is 0. The van der Waals surface area contributed by atoms with Gasteiger partial charge in [0, 0.05) is 28.9 Å². The van der Waals surface area contributed by atoms with E-state index in [2.05, 4.69) is 32.5 Å². The number of aromatic nitrogens is 3. The number of carbonyl (C=O) groups excluding carboxylic acids is 2. The fraction of sp³-hybridized carbons (Fsp3) is 0.206. The highest BCUT2D eigenvalue weighted by Gasteiger charge is 2.30. The van der Waals surface area contributed by atoms with E-state index in [1.165, 1.54) is 18.3 Å². The Morgan fingerprint density at radius 2 is 1.64 bits per heavy atom. The highest BCUT2D eigenvalue weighted by molar-refractivity contribution is 6.08. The van der Waals surface area contributed by atoms with Crippen molar-refractivity contribution in [3.63, 3.8) is 0 Å². The molecule has 44 heavy (non-hydrogen) atoms. The lowest BCUT2D eigenvalue weighted by Crippen LogP contribution is -2.29. The lowest BCUT2D eigenvalue weighted by Gasteiger charge is -2.18. The number of nitrogens with zero attached hydrogens (tertiary/aromatic N) is 3. The predicted octanol–water partition coefficient (Wildman–Crippen LogP) is 8.01. The Morgan fingerprint density at radius 3 is 2.36 bits per heavy atom. The molecule has 3 aromatic heterocycles. The quantitative estimate of drug-likeness (QED) is 0.159. The van der Waals surface area contributed by atoms with Crippen molar-refractivity contribution < 1.29 is 22.8 Å². The van der Waals surface area contributed by atoms with Crippen LogP contribution in [0.5, 0.6) is 0 Å². The molecular formula is C34H30F3N5O2. The van der Waals surface area contributed by atoms with Gasteiger partial charge in [-0.05, 0) is 73.2 Å². The van der Waals surface area contributed by atoms with Gasteiger partial charge in [-0.3, -0.25) is 19.6 Å². The second-order valence-corrected chi connectivity index (χ2v) is 10.3. The Hall–Kier alpha value is -5.12. The van der Waals surface area contributed by atoms with Gasteiger partial charge in [0.15, 0.2) is 0 Å². The highest BCUT2D eigenvalue weighted by atomic mass is 19.4. The summed E-state index contributed by atoms with van der Waals surface area (Å²) in [6.07, 6.45) is 2.62. The first kappa shape index (κ1) is 30.3. The fourth-order valence-electron chi connectivity index (χ4n) is 4.87. The molecule has 10 heteroatoms. The second kappa shape index (κ2) is 13.5. The minimum absolute atomic E-state index is 0.183. The van der Waals surface area contributed by atoms with Crippen molar-refractivity contribution in [2.24, 2.45) is 0 Å². The van der Waals surface area contributed by atoms with Gasteiger partial charge in [0.05, 0.1) is 34.1 Å². The minimum atomic E-state index is -4.47. The summed E-state index contributed by atoms with van der Waals surface area (Å²) in [4.78, 5) is 39.6. The van der Waals surface area contributed by atoms with E-state index in [1.807, 2.05) is 18.2 Å². The Balaban J connectivity index is 1.31. The van der Waals surface area contributed by atoms with E-state index in [1.54, 1.807) is 48.7 Å². The summed E-state index contributed by atoms with van der Waals surface area (Å²) in [5, 5.41) is 6.57. The van der Waals surface area contributed by atoms with Crippen LogP contribution in [0.3, 0.4) is 0 Å². The number of halogens is 3. The zero-order valence-corrected chi connectivity index (χ0v) is 23.9. The van der Waals surface area contributed by atoms with E-state index in [0.717, 1.165) is 43.5 Å². The van der Waals surface area contributed by atoms with Crippen LogP contribution in [-0.4, -0.2) is 26.8 Å². The molecule has 2 N–H and O–H groups in total. The van der Waals surface area contributed by atoms with E-state index in [-0.39, 0.29) is 29.0 Å². The van der Waals surface area contributed by atoms with E-state index in [0.29, 0.717) is 22.0 Å². The summed E-state index contributed by atoms with van der Waals surface area (Å²) in [5.74, 6) is -0.462. The van der Waals surface area contributed by atoms with Gasteiger partial charge < -0.3 is 10.6 Å². The zero-order chi connectivity index (χ0) is 31.1. The first-order valence-corrected chi connectivity index (χ1v) is 14.3. The standard InChI is InChI=1S/C34H30F3N5O2/c1-2-3-4-10-29(28-9-5-6-19-38-28)41-32(43)24-13-17-27-23(21-24)14-18-30(40-27)42-33(44)26-8-7-20-39-31(26)22-11-15-25(16-12-22)34(35,36)37/h5-9,11-21,29H,2-4,10H2,1H3,(H,41,43)(H,40,42,44). The van der Waals surface area contributed by atoms with Crippen LogP contribution >= 0.6 is 0 Å². The van der Waals surface area contributed by atoms with Gasteiger partial charge in [0.25, 0.3) is 11.8 Å². The topological polar surface area (TPSA) is 96.9 Å². The number of pyridine rings is 3. The zero-order valence-electron chi connectivity index (χ0n) is 23.9. The highest BCUT2D eigenvalue weighted by Crippen LogP contribution is 2.31. The molecule has 1 unspecified atom stereocenters. The maximum Gasteiger partial charge on any atom is 0.416 e. The molecule has 7 nitrogen and oxygen atoms in total. The summed E-state index contributed by atoms with van der Waals surface area (Å²) >= 11 is 0. The number of rotatable bonds is 10. The maximum absolute atomic E-state index is 13.2. The average Bonchev–Trinajstić information content (AvgIpc) is 3.04. The van der Waals surface area contributed by atoms with Gasteiger partial charge in [-0.2, -0.15) is 13.2 Å². The molecule has 0 bridgehead atoms. The first-order chi connectivity index (χ1) is 21.2. The summed E-state index contributed by atoms with van der Waals surface area (Å²) in [5.41, 5.74) is 1.87. The van der Waals surface area contributed by atoms with Crippen molar-refractivity contribution in [1.82, 2.24) is 20.3 Å². The number of anilines is 1. The van der Waals surface area contributed by atoms with Gasteiger partial charge in [0.1, 0.15) is 5.82 Å². The number of alkyl halides is 3. The Morgan fingerprint density at radius 1 is 0.841 bits per heavy atom. The number of carbonyl (C=O) groups is 2. The molecule has 5 rings (SSSR count). The van der Waals surface area contributed by atoms with Crippen LogP contribution in [0.1, 0.15) is 70.6 Å². The van der Waals surface area contributed by atoms with Crippen molar-refractivity contribution in [1.29, 1.82) is 0 Å². The van der Waals surface area contributed by atoms with Crippen molar-refractivity contribution >= 4 is 28.5 Å². The molecule has 0 aliphatic carbocycles. The SMILES string of the molecule is CCCCCC(NC(=O)c1ccc2nc(NC(=O)c3cccnc3-c3ccc(C(F)(F)F)cc3)ccc2c1)c1ccccn1. The van der Waals surface area contributed by atoms with E-state index in [4.69, 9.17) is 0 Å². The molecule has 0 saturated heterocycles. The maximum atomic E-state index is 13.2. The number of hydrogen-bond donors (Lipinski definition) is 2. The summed E-state index contributed by atoms with van der Waals surface area (Å²) < 4.78 is 39.0. The third kappa shape index (κ3) is 7.26. The van der Waals surface area contributed by atoms with Crippen LogP contribution in [-0.2, 0) is 6.18 Å². The van der Waals surface area contributed by atoms with Crippen molar-refractivity contribution in [2.75, 3.05) is 5.32 Å². The molecule has 1 atom stereocenters. The van der Waals surface area contributed by atoms with Gasteiger partial charge in [-0.15, -0.1) is 0 Å². The van der Waals surface area contributed by atoms with Gasteiger partial charge in [0.2, 0.25) is 0 Å². The number of hydrogen-bond acceptors (Lipinski definition) is 5. The Kier molecular flexibility index (Phi) is 9.28. The largest absolute Gasteiger partial charge is 0.416 e. The van der Waals surface area contributed by atoms with Crippen molar-refractivity contribution in [3.05, 3.63) is 120 Å². The van der Waals surface area contributed by atoms with E-state index < -0.39 is 17.6 Å². The average molecular weight is 598 g/mol. The van der Waals surface area contributed by atoms with Crippen molar-refractivity contribution in [2.45, 2.75) is 44.8 Å². The Bertz CT molecular complexity index is 1760. The molecule has 5 aromatic rings. The van der Waals surface area contributed by atoms with Gasteiger partial charge in [-0.25, -0.2) is 4.98 Å². The summed E-state index contributed by atoms with van der Waals surface area (Å²) in [6, 6.07) is 21.6. The molecule has 0 spiro atoms. The van der Waals surface area contributed by atoms with Crippen LogP contribution in [0.15, 0.2) is 97.3 Å². The third-order valence-corrected chi connectivity index (χ3v) is 7.18. The normalized spacial score (nSPS) is 12.1. The smallest absolute Gasteiger partial charge is 0.344 e. The predicted molar refractivity (Wildman–Crippen MR) is 163 cm³/mol. The number of nitrogens with one attached hydrogen (secondary N) is 2. The second-order valence-electron chi connectivity index (χ2n) is 10.3. The number of unbranched alkanes of at least 4 members (excludes halogenated alkanes) is 2. The van der Waals surface area contributed by atoms with Gasteiger partial charge >= 0.3 is 6.18 Å². The van der Waals surface area contributed by atoms with Crippen molar-refractivity contribution in [3.8, 4) is 11.3 Å². The van der Waals surface area contributed by atoms with Crippen LogP contribution < -0.4 is 10.6 Å². The molecule has 3 heterocycles. The molecule has 0 fully saturated rings. The molecule has 0 aliphatic heterocycles. The first-order valence-electron chi connectivity index (χ1n) is 14.3. The number of amides is 2. The Labute approximate surface area is 252 Å². The van der Waals surface area contributed by atoms with Crippen LogP contribution in [0.25, 0.3) is 22.2 Å². The van der Waals surface area contributed by atoms with Gasteiger partial charge in [-0.1, -0.05) is 44.4 Å². The number of fused-ring (bicyclic) bond motifs is 1. The third-order valence-electron chi connectivity index (χ3n) is 7.18. The van der Waals surface area contributed by atoms with E-state index >= 15 is 0 Å². The molecular weight excluding hydrogens is 567 g/mol. The lowest BCUT2D eigenvalue weighted by molar-refractivity contribution is -0.137. The van der Waals surface area contributed by atoms with Crippen LogP contribution in [0.2, 0.25) is 0 Å². The molecule has 2 aromatic carbocycles. The minimum Gasteiger partial charge on any atom is -0.344 e. The fourth-order valence-corrected chi connectivity index (χ4v) is 4.87. The van der Waals surface area contributed by atoms with Crippen LogP contribution in [0.4, 0.5) is 19.0 Å².